The van der Waals surface area contributed by atoms with Crippen LogP contribution >= 0.6 is 0 Å². The van der Waals surface area contributed by atoms with Crippen LogP contribution in [0, 0.1) is 6.92 Å². The van der Waals surface area contributed by atoms with Gasteiger partial charge >= 0.3 is 0 Å². The van der Waals surface area contributed by atoms with E-state index in [-0.39, 0.29) is 5.91 Å². The van der Waals surface area contributed by atoms with Crippen molar-refractivity contribution in [1.29, 1.82) is 0 Å². The number of aromatic hydroxyl groups is 1. The molecule has 0 radical (unpaired) electrons. The number of nitrogens with one attached hydrogen (secondary N) is 1. The molecule has 2 aromatic rings. The monoisotopic (exact) mass is 369 g/mol. The predicted molar refractivity (Wildman–Crippen MR) is 106 cm³/mol. The van der Waals surface area contributed by atoms with Crippen molar-refractivity contribution >= 4 is 11.6 Å². The number of phenols is 1. The SMILES string of the molecule is Cc1cccc(OCCNC(=O)CN2CCN(c3ccccc3O)CC2)c1. The van der Waals surface area contributed by atoms with Crippen molar-refractivity contribution in [3.05, 3.63) is 54.1 Å². The summed E-state index contributed by atoms with van der Waals surface area (Å²) in [5.74, 6) is 1.14. The summed E-state index contributed by atoms with van der Waals surface area (Å²) < 4.78 is 5.64. The number of carbonyl (C=O) groups excluding carboxylic acids is 1. The molecule has 6 heteroatoms. The van der Waals surface area contributed by atoms with E-state index in [2.05, 4.69) is 15.1 Å². The molecule has 1 saturated heterocycles. The number of amides is 1. The molecule has 1 amide bonds. The second-order valence-electron chi connectivity index (χ2n) is 6.77. The molecule has 1 fully saturated rings. The van der Waals surface area contributed by atoms with Crippen molar-refractivity contribution in [2.24, 2.45) is 0 Å². The Morgan fingerprint density at radius 1 is 1.11 bits per heavy atom. The maximum absolute atomic E-state index is 12.1. The fourth-order valence-electron chi connectivity index (χ4n) is 3.20. The van der Waals surface area contributed by atoms with Gasteiger partial charge in [0.2, 0.25) is 5.91 Å². The molecule has 27 heavy (non-hydrogen) atoms. The van der Waals surface area contributed by atoms with Gasteiger partial charge in [-0.1, -0.05) is 24.3 Å². The molecule has 0 bridgehead atoms. The first kappa shape index (κ1) is 19.0. The Labute approximate surface area is 160 Å². The topological polar surface area (TPSA) is 65.0 Å². The smallest absolute Gasteiger partial charge is 0.234 e. The summed E-state index contributed by atoms with van der Waals surface area (Å²) in [6.07, 6.45) is 0. The lowest BCUT2D eigenvalue weighted by atomic mass is 10.2. The second-order valence-corrected chi connectivity index (χ2v) is 6.77. The van der Waals surface area contributed by atoms with E-state index in [1.807, 2.05) is 49.4 Å². The Bertz CT molecular complexity index is 758. The number of nitrogens with zero attached hydrogens (tertiary/aromatic N) is 2. The predicted octanol–water partition coefficient (Wildman–Crippen LogP) is 2.02. The number of hydrogen-bond acceptors (Lipinski definition) is 5. The highest BCUT2D eigenvalue weighted by Crippen LogP contribution is 2.27. The zero-order valence-corrected chi connectivity index (χ0v) is 15.7. The molecule has 6 nitrogen and oxygen atoms in total. The second kappa shape index (κ2) is 9.28. The number of hydrogen-bond donors (Lipinski definition) is 2. The van der Waals surface area contributed by atoms with Gasteiger partial charge in [-0.3, -0.25) is 9.69 Å². The van der Waals surface area contributed by atoms with Crippen LogP contribution in [0.2, 0.25) is 0 Å². The number of anilines is 1. The lowest BCUT2D eigenvalue weighted by Gasteiger charge is -2.35. The third kappa shape index (κ3) is 5.62. The van der Waals surface area contributed by atoms with Crippen LogP contribution in [0.4, 0.5) is 5.69 Å². The minimum Gasteiger partial charge on any atom is -0.506 e. The van der Waals surface area contributed by atoms with E-state index >= 15 is 0 Å². The van der Waals surface area contributed by atoms with Gasteiger partial charge in [0, 0.05) is 26.2 Å². The van der Waals surface area contributed by atoms with E-state index in [9.17, 15) is 9.90 Å². The van der Waals surface area contributed by atoms with Crippen molar-refractivity contribution in [1.82, 2.24) is 10.2 Å². The molecular weight excluding hydrogens is 342 g/mol. The Morgan fingerprint density at radius 3 is 2.63 bits per heavy atom. The summed E-state index contributed by atoms with van der Waals surface area (Å²) >= 11 is 0. The Hall–Kier alpha value is -2.73. The van der Waals surface area contributed by atoms with Gasteiger partial charge in [0.05, 0.1) is 18.8 Å². The number of ether oxygens (including phenoxy) is 1. The number of para-hydroxylation sites is 2. The van der Waals surface area contributed by atoms with Gasteiger partial charge in [-0.2, -0.15) is 0 Å². The van der Waals surface area contributed by atoms with E-state index in [4.69, 9.17) is 4.74 Å². The maximum Gasteiger partial charge on any atom is 0.234 e. The van der Waals surface area contributed by atoms with Gasteiger partial charge in [-0.25, -0.2) is 0 Å². The minimum absolute atomic E-state index is 0.0128. The number of phenolic OH excluding ortho intramolecular Hbond substituents is 1. The first-order valence-corrected chi connectivity index (χ1v) is 9.33. The Kier molecular flexibility index (Phi) is 6.54. The minimum atomic E-state index is 0.0128. The van der Waals surface area contributed by atoms with Crippen LogP contribution in [0.1, 0.15) is 5.56 Å². The standard InChI is InChI=1S/C21H27N3O3/c1-17-5-4-6-18(15-17)27-14-9-22-21(26)16-23-10-12-24(13-11-23)19-7-2-3-8-20(19)25/h2-8,15,25H,9-14,16H2,1H3,(H,22,26). The summed E-state index contributed by atoms with van der Waals surface area (Å²) in [5.41, 5.74) is 2.01. The van der Waals surface area contributed by atoms with Gasteiger partial charge in [-0.05, 0) is 36.8 Å². The quantitative estimate of drug-likeness (QED) is 0.731. The average molecular weight is 369 g/mol. The van der Waals surface area contributed by atoms with Crippen molar-refractivity contribution in [2.75, 3.05) is 50.8 Å². The van der Waals surface area contributed by atoms with Gasteiger partial charge < -0.3 is 20.1 Å². The first-order chi connectivity index (χ1) is 13.1. The highest BCUT2D eigenvalue weighted by molar-refractivity contribution is 5.78. The third-order valence-electron chi connectivity index (χ3n) is 4.64. The molecule has 1 aliphatic heterocycles. The van der Waals surface area contributed by atoms with Gasteiger partial charge in [-0.15, -0.1) is 0 Å². The van der Waals surface area contributed by atoms with E-state index in [0.29, 0.717) is 25.4 Å². The van der Waals surface area contributed by atoms with Crippen LogP contribution in [0.5, 0.6) is 11.5 Å². The molecular formula is C21H27N3O3. The van der Waals surface area contributed by atoms with E-state index in [1.54, 1.807) is 6.07 Å². The van der Waals surface area contributed by atoms with Gasteiger partial charge in [0.15, 0.2) is 0 Å². The molecule has 0 spiro atoms. The van der Waals surface area contributed by atoms with Gasteiger partial charge in [0.25, 0.3) is 0 Å². The largest absolute Gasteiger partial charge is 0.506 e. The number of rotatable bonds is 7. The molecule has 0 unspecified atom stereocenters. The number of aryl methyl sites for hydroxylation is 1. The Morgan fingerprint density at radius 2 is 1.89 bits per heavy atom. The molecule has 0 saturated carbocycles. The third-order valence-corrected chi connectivity index (χ3v) is 4.64. The number of benzene rings is 2. The molecule has 2 N–H and O–H groups in total. The average Bonchev–Trinajstić information content (AvgIpc) is 2.67. The zero-order valence-electron chi connectivity index (χ0n) is 15.7. The van der Waals surface area contributed by atoms with Crippen molar-refractivity contribution in [3.63, 3.8) is 0 Å². The summed E-state index contributed by atoms with van der Waals surface area (Å²) in [6.45, 7) is 6.53. The zero-order chi connectivity index (χ0) is 19.1. The highest BCUT2D eigenvalue weighted by Gasteiger charge is 2.20. The summed E-state index contributed by atoms with van der Waals surface area (Å²) in [4.78, 5) is 16.4. The van der Waals surface area contributed by atoms with Crippen molar-refractivity contribution in [2.45, 2.75) is 6.92 Å². The van der Waals surface area contributed by atoms with Crippen LogP contribution in [-0.2, 0) is 4.79 Å². The molecule has 144 valence electrons. The van der Waals surface area contributed by atoms with Crippen LogP contribution in [-0.4, -0.2) is 61.8 Å². The molecule has 0 atom stereocenters. The first-order valence-electron chi connectivity index (χ1n) is 9.33. The fraction of sp³-hybridized carbons (Fsp3) is 0.381. The van der Waals surface area contributed by atoms with E-state index in [1.165, 1.54) is 0 Å². The maximum atomic E-state index is 12.1. The molecule has 1 aliphatic rings. The van der Waals surface area contributed by atoms with Crippen LogP contribution in [0.3, 0.4) is 0 Å². The highest BCUT2D eigenvalue weighted by atomic mass is 16.5. The summed E-state index contributed by atoms with van der Waals surface area (Å²) in [5, 5.41) is 12.9. The number of carbonyl (C=O) groups is 1. The molecule has 0 aromatic heterocycles. The van der Waals surface area contributed by atoms with Crippen LogP contribution < -0.4 is 15.0 Å². The molecule has 2 aromatic carbocycles. The fourth-order valence-corrected chi connectivity index (χ4v) is 3.20. The van der Waals surface area contributed by atoms with Crippen LogP contribution in [0.25, 0.3) is 0 Å². The van der Waals surface area contributed by atoms with E-state index in [0.717, 1.165) is 43.2 Å². The van der Waals surface area contributed by atoms with Crippen molar-refractivity contribution < 1.29 is 14.6 Å². The number of piperazine rings is 1. The lowest BCUT2D eigenvalue weighted by Crippen LogP contribution is -2.49. The summed E-state index contributed by atoms with van der Waals surface area (Å²) in [6, 6.07) is 15.2. The van der Waals surface area contributed by atoms with Crippen LogP contribution in [0.15, 0.2) is 48.5 Å². The normalized spacial score (nSPS) is 14.8. The molecule has 0 aliphatic carbocycles. The molecule has 1 heterocycles. The Balaban J connectivity index is 1.34. The summed E-state index contributed by atoms with van der Waals surface area (Å²) in [7, 11) is 0. The van der Waals surface area contributed by atoms with Gasteiger partial charge in [0.1, 0.15) is 18.1 Å². The molecule has 3 rings (SSSR count). The van der Waals surface area contributed by atoms with Crippen molar-refractivity contribution in [3.8, 4) is 11.5 Å². The lowest BCUT2D eigenvalue weighted by molar-refractivity contribution is -0.122. The van der Waals surface area contributed by atoms with E-state index < -0.39 is 0 Å².